The standard InChI is InChI=1S/C26H28/c1-3-8-20-13-14-26-24(16-20)18-23(17-22-10-5-6-12-25(22)26)21-11-7-9-19(4-2)15-21/h5-7,9-16,23H,3-4,8,17-18H2,1-2H3. The topological polar surface area (TPSA) is 0 Å². The lowest BCUT2D eigenvalue weighted by molar-refractivity contribution is 0.687. The van der Waals surface area contributed by atoms with E-state index in [1.54, 1.807) is 0 Å². The van der Waals surface area contributed by atoms with Crippen molar-refractivity contribution >= 4 is 0 Å². The maximum atomic E-state index is 2.47. The molecule has 0 heterocycles. The Bertz CT molecular complexity index is 903. The smallest absolute Gasteiger partial charge is 0.00805 e. The van der Waals surface area contributed by atoms with E-state index in [4.69, 9.17) is 0 Å². The summed E-state index contributed by atoms with van der Waals surface area (Å²) in [5, 5.41) is 0. The van der Waals surface area contributed by atoms with Gasteiger partial charge in [0.1, 0.15) is 0 Å². The molecule has 1 unspecified atom stereocenters. The molecule has 4 rings (SSSR count). The molecular weight excluding hydrogens is 312 g/mol. The molecule has 0 aliphatic heterocycles. The molecule has 3 aromatic rings. The molecule has 1 aliphatic carbocycles. The zero-order valence-electron chi connectivity index (χ0n) is 16.0. The monoisotopic (exact) mass is 340 g/mol. The Labute approximate surface area is 157 Å². The first-order chi connectivity index (χ1) is 12.8. The van der Waals surface area contributed by atoms with Gasteiger partial charge in [0, 0.05) is 0 Å². The molecule has 0 amide bonds. The zero-order valence-corrected chi connectivity index (χ0v) is 16.0. The van der Waals surface area contributed by atoms with E-state index in [0.29, 0.717) is 5.92 Å². The van der Waals surface area contributed by atoms with E-state index in [1.165, 1.54) is 51.8 Å². The number of hydrogen-bond donors (Lipinski definition) is 0. The Morgan fingerprint density at radius 3 is 2.38 bits per heavy atom. The summed E-state index contributed by atoms with van der Waals surface area (Å²) in [4.78, 5) is 0. The third kappa shape index (κ3) is 3.33. The molecule has 0 N–H and O–H groups in total. The number of benzene rings is 3. The summed E-state index contributed by atoms with van der Waals surface area (Å²) in [5.41, 5.74) is 10.3. The van der Waals surface area contributed by atoms with E-state index in [-0.39, 0.29) is 0 Å². The van der Waals surface area contributed by atoms with E-state index in [9.17, 15) is 0 Å². The molecule has 0 fully saturated rings. The van der Waals surface area contributed by atoms with Crippen LogP contribution >= 0.6 is 0 Å². The average Bonchev–Trinajstić information content (AvgIpc) is 2.85. The van der Waals surface area contributed by atoms with Crippen LogP contribution in [0.25, 0.3) is 11.1 Å². The second-order valence-corrected chi connectivity index (χ2v) is 7.60. The van der Waals surface area contributed by atoms with E-state index in [0.717, 1.165) is 19.3 Å². The van der Waals surface area contributed by atoms with Gasteiger partial charge in [0.15, 0.2) is 0 Å². The summed E-state index contributed by atoms with van der Waals surface area (Å²) in [5.74, 6) is 0.556. The highest BCUT2D eigenvalue weighted by Gasteiger charge is 2.22. The van der Waals surface area contributed by atoms with Gasteiger partial charge in [-0.1, -0.05) is 87.0 Å². The summed E-state index contributed by atoms with van der Waals surface area (Å²) < 4.78 is 0. The van der Waals surface area contributed by atoms with Crippen LogP contribution in [0.2, 0.25) is 0 Å². The third-order valence-electron chi connectivity index (χ3n) is 5.78. The molecule has 1 aliphatic rings. The first-order valence-corrected chi connectivity index (χ1v) is 10.1. The fourth-order valence-electron chi connectivity index (χ4n) is 4.39. The van der Waals surface area contributed by atoms with Crippen LogP contribution in [0.4, 0.5) is 0 Å². The van der Waals surface area contributed by atoms with Gasteiger partial charge in [0.25, 0.3) is 0 Å². The predicted octanol–water partition coefficient (Wildman–Crippen LogP) is 6.75. The van der Waals surface area contributed by atoms with E-state index in [2.05, 4.69) is 80.6 Å². The van der Waals surface area contributed by atoms with Crippen molar-refractivity contribution in [1.82, 2.24) is 0 Å². The first kappa shape index (κ1) is 17.1. The molecule has 0 saturated carbocycles. The highest BCUT2D eigenvalue weighted by atomic mass is 14.3. The van der Waals surface area contributed by atoms with E-state index >= 15 is 0 Å². The molecule has 0 aromatic heterocycles. The molecular formula is C26H28. The van der Waals surface area contributed by atoms with Crippen molar-refractivity contribution in [3.63, 3.8) is 0 Å². The Morgan fingerprint density at radius 2 is 1.54 bits per heavy atom. The van der Waals surface area contributed by atoms with Gasteiger partial charge >= 0.3 is 0 Å². The minimum Gasteiger partial charge on any atom is -0.0651 e. The Balaban J connectivity index is 1.82. The lowest BCUT2D eigenvalue weighted by atomic mass is 9.87. The molecule has 0 bridgehead atoms. The first-order valence-electron chi connectivity index (χ1n) is 10.1. The number of aryl methyl sites for hydroxylation is 2. The van der Waals surface area contributed by atoms with Crippen LogP contribution in [0.5, 0.6) is 0 Å². The maximum absolute atomic E-state index is 2.47. The third-order valence-corrected chi connectivity index (χ3v) is 5.78. The number of fused-ring (bicyclic) bond motifs is 3. The minimum atomic E-state index is 0.556. The Kier molecular flexibility index (Phi) is 4.93. The fraction of sp³-hybridized carbons (Fsp3) is 0.308. The quantitative estimate of drug-likeness (QED) is 0.493. The largest absolute Gasteiger partial charge is 0.0651 e. The van der Waals surface area contributed by atoms with Crippen molar-refractivity contribution in [2.75, 3.05) is 0 Å². The Morgan fingerprint density at radius 1 is 0.731 bits per heavy atom. The zero-order chi connectivity index (χ0) is 17.9. The fourth-order valence-corrected chi connectivity index (χ4v) is 4.39. The van der Waals surface area contributed by atoms with Crippen molar-refractivity contribution in [2.45, 2.75) is 51.9 Å². The van der Waals surface area contributed by atoms with Gasteiger partial charge in [-0.3, -0.25) is 0 Å². The van der Waals surface area contributed by atoms with Gasteiger partial charge in [0.2, 0.25) is 0 Å². The lowest BCUT2D eigenvalue weighted by Gasteiger charge is -2.17. The van der Waals surface area contributed by atoms with E-state index < -0.39 is 0 Å². The van der Waals surface area contributed by atoms with Crippen molar-refractivity contribution in [3.05, 3.63) is 94.5 Å². The highest BCUT2D eigenvalue weighted by Crippen LogP contribution is 2.38. The van der Waals surface area contributed by atoms with Crippen molar-refractivity contribution in [1.29, 1.82) is 0 Å². The molecule has 0 radical (unpaired) electrons. The molecule has 0 spiro atoms. The molecule has 0 saturated heterocycles. The Hall–Kier alpha value is -2.34. The van der Waals surface area contributed by atoms with Crippen LogP contribution in [0.1, 0.15) is 54.0 Å². The van der Waals surface area contributed by atoms with Crippen LogP contribution < -0.4 is 0 Å². The number of rotatable bonds is 4. The van der Waals surface area contributed by atoms with Gasteiger partial charge in [0.05, 0.1) is 0 Å². The SMILES string of the molecule is CCCc1ccc2c(c1)CC(c1cccc(CC)c1)Cc1ccccc1-2. The van der Waals surface area contributed by atoms with Crippen LogP contribution in [0.15, 0.2) is 66.7 Å². The van der Waals surface area contributed by atoms with Crippen LogP contribution in [0.3, 0.4) is 0 Å². The molecule has 26 heavy (non-hydrogen) atoms. The van der Waals surface area contributed by atoms with Crippen molar-refractivity contribution in [2.24, 2.45) is 0 Å². The molecule has 3 aromatic carbocycles. The molecule has 1 atom stereocenters. The second kappa shape index (κ2) is 7.50. The molecule has 132 valence electrons. The second-order valence-electron chi connectivity index (χ2n) is 7.60. The van der Waals surface area contributed by atoms with Gasteiger partial charge < -0.3 is 0 Å². The lowest BCUT2D eigenvalue weighted by Crippen LogP contribution is -2.06. The van der Waals surface area contributed by atoms with Crippen molar-refractivity contribution in [3.8, 4) is 11.1 Å². The summed E-state index contributed by atoms with van der Waals surface area (Å²) >= 11 is 0. The molecule has 0 nitrogen and oxygen atoms in total. The summed E-state index contributed by atoms with van der Waals surface area (Å²) in [6.45, 7) is 4.51. The normalized spacial score (nSPS) is 15.8. The van der Waals surface area contributed by atoms with Gasteiger partial charge in [-0.15, -0.1) is 0 Å². The number of hydrogen-bond acceptors (Lipinski definition) is 0. The highest BCUT2D eigenvalue weighted by molar-refractivity contribution is 5.72. The van der Waals surface area contributed by atoms with Gasteiger partial charge in [-0.05, 0) is 70.5 Å². The summed E-state index contributed by atoms with van der Waals surface area (Å²) in [6.07, 6.45) is 5.74. The summed E-state index contributed by atoms with van der Waals surface area (Å²) in [6, 6.07) is 25.4. The van der Waals surface area contributed by atoms with Crippen LogP contribution in [-0.4, -0.2) is 0 Å². The molecule has 0 heteroatoms. The average molecular weight is 341 g/mol. The minimum absolute atomic E-state index is 0.556. The van der Waals surface area contributed by atoms with Gasteiger partial charge in [-0.25, -0.2) is 0 Å². The maximum Gasteiger partial charge on any atom is -0.00805 e. The summed E-state index contributed by atoms with van der Waals surface area (Å²) in [7, 11) is 0. The van der Waals surface area contributed by atoms with Gasteiger partial charge in [-0.2, -0.15) is 0 Å². The van der Waals surface area contributed by atoms with Crippen LogP contribution in [-0.2, 0) is 25.7 Å². The van der Waals surface area contributed by atoms with Crippen molar-refractivity contribution < 1.29 is 0 Å². The van der Waals surface area contributed by atoms with Crippen LogP contribution in [0, 0.1) is 0 Å². The predicted molar refractivity (Wildman–Crippen MR) is 112 cm³/mol. The van der Waals surface area contributed by atoms with E-state index in [1.807, 2.05) is 0 Å².